The van der Waals surface area contributed by atoms with Crippen molar-refractivity contribution in [1.82, 2.24) is 4.90 Å². The number of likely N-dealkylation sites (tertiary alicyclic amines) is 1. The van der Waals surface area contributed by atoms with Gasteiger partial charge in [-0.3, -0.25) is 9.69 Å². The summed E-state index contributed by atoms with van der Waals surface area (Å²) in [7, 11) is 0. The van der Waals surface area contributed by atoms with Crippen LogP contribution in [-0.4, -0.2) is 29.1 Å². The highest BCUT2D eigenvalue weighted by Gasteiger charge is 2.31. The summed E-state index contributed by atoms with van der Waals surface area (Å²) in [6.07, 6.45) is 2.15. The fourth-order valence-corrected chi connectivity index (χ4v) is 3.82. The SMILES string of the molecule is O=C(O)C(c1cc(Br)c(Cl)s1)N1CCCC1. The minimum Gasteiger partial charge on any atom is -0.480 e. The molecule has 3 nitrogen and oxygen atoms in total. The molecule has 0 spiro atoms. The van der Waals surface area contributed by atoms with Gasteiger partial charge in [0.05, 0.1) is 0 Å². The molecule has 2 rings (SSSR count). The third kappa shape index (κ3) is 2.42. The lowest BCUT2D eigenvalue weighted by molar-refractivity contribution is -0.143. The second-order valence-corrected chi connectivity index (χ2v) is 6.29. The summed E-state index contributed by atoms with van der Waals surface area (Å²) in [6.45, 7) is 1.70. The van der Waals surface area contributed by atoms with Gasteiger partial charge in [0.2, 0.25) is 0 Å². The van der Waals surface area contributed by atoms with Crippen LogP contribution in [0.1, 0.15) is 23.8 Å². The van der Waals surface area contributed by atoms with Crippen molar-refractivity contribution in [2.45, 2.75) is 18.9 Å². The zero-order valence-electron chi connectivity index (χ0n) is 8.45. The van der Waals surface area contributed by atoms with E-state index in [-0.39, 0.29) is 0 Å². The first-order valence-corrected chi connectivity index (χ1v) is 7.00. The van der Waals surface area contributed by atoms with Crippen LogP contribution in [0.4, 0.5) is 0 Å². The molecule has 6 heteroatoms. The van der Waals surface area contributed by atoms with Crippen molar-refractivity contribution in [2.24, 2.45) is 0 Å². The van der Waals surface area contributed by atoms with E-state index in [1.54, 1.807) is 0 Å². The Balaban J connectivity index is 2.28. The van der Waals surface area contributed by atoms with Crippen LogP contribution in [0.25, 0.3) is 0 Å². The molecule has 1 aromatic heterocycles. The van der Waals surface area contributed by atoms with Gasteiger partial charge in [-0.1, -0.05) is 11.6 Å². The first kappa shape index (κ1) is 12.4. The van der Waals surface area contributed by atoms with Crippen LogP contribution in [0.3, 0.4) is 0 Å². The predicted octanol–water partition coefficient (Wildman–Crippen LogP) is 3.39. The molecule has 1 N–H and O–H groups in total. The van der Waals surface area contributed by atoms with E-state index in [0.29, 0.717) is 4.34 Å². The van der Waals surface area contributed by atoms with Gasteiger partial charge < -0.3 is 5.11 Å². The zero-order chi connectivity index (χ0) is 11.7. The quantitative estimate of drug-likeness (QED) is 0.926. The van der Waals surface area contributed by atoms with Crippen LogP contribution in [0, 0.1) is 0 Å². The standard InChI is InChI=1S/C10H11BrClNO2S/c11-6-5-7(16-9(6)12)8(10(14)15)13-3-1-2-4-13/h5,8H,1-4H2,(H,14,15). The van der Waals surface area contributed by atoms with Crippen molar-refractivity contribution in [3.8, 4) is 0 Å². The third-order valence-corrected chi connectivity index (χ3v) is 5.20. The van der Waals surface area contributed by atoms with Gasteiger partial charge >= 0.3 is 5.97 Å². The van der Waals surface area contributed by atoms with Gasteiger partial charge in [0.1, 0.15) is 10.4 Å². The van der Waals surface area contributed by atoms with Crippen LogP contribution >= 0.6 is 38.9 Å². The van der Waals surface area contributed by atoms with Crippen LogP contribution in [-0.2, 0) is 4.79 Å². The minimum atomic E-state index is -0.799. The van der Waals surface area contributed by atoms with E-state index in [9.17, 15) is 9.90 Å². The molecule has 1 aliphatic rings. The predicted molar refractivity (Wildman–Crippen MR) is 68.2 cm³/mol. The van der Waals surface area contributed by atoms with Crippen molar-refractivity contribution >= 4 is 44.8 Å². The molecule has 2 heterocycles. The summed E-state index contributed by atoms with van der Waals surface area (Å²) >= 11 is 10.6. The molecule has 16 heavy (non-hydrogen) atoms. The van der Waals surface area contributed by atoms with Gasteiger partial charge in [-0.25, -0.2) is 0 Å². The number of thiophene rings is 1. The lowest BCUT2D eigenvalue weighted by Gasteiger charge is -2.22. The van der Waals surface area contributed by atoms with Crippen molar-refractivity contribution in [1.29, 1.82) is 0 Å². The van der Waals surface area contributed by atoms with E-state index >= 15 is 0 Å². The van der Waals surface area contributed by atoms with Crippen LogP contribution in [0.15, 0.2) is 10.5 Å². The number of hydrogen-bond donors (Lipinski definition) is 1. The maximum Gasteiger partial charge on any atom is 0.326 e. The molecule has 0 radical (unpaired) electrons. The number of halogens is 2. The Morgan fingerprint density at radius 2 is 2.19 bits per heavy atom. The van der Waals surface area contributed by atoms with Crippen LogP contribution in [0.2, 0.25) is 4.34 Å². The summed E-state index contributed by atoms with van der Waals surface area (Å²) in [6, 6.07) is 1.26. The first-order valence-electron chi connectivity index (χ1n) is 5.01. The number of carboxylic acid groups (broad SMARTS) is 1. The molecule has 1 aromatic rings. The smallest absolute Gasteiger partial charge is 0.326 e. The Morgan fingerprint density at radius 1 is 1.56 bits per heavy atom. The van der Waals surface area contributed by atoms with Gasteiger partial charge in [0.15, 0.2) is 0 Å². The Kier molecular flexibility index (Phi) is 3.89. The number of carbonyl (C=O) groups is 1. The number of aliphatic carboxylic acids is 1. The molecule has 0 bridgehead atoms. The van der Waals surface area contributed by atoms with E-state index < -0.39 is 12.0 Å². The van der Waals surface area contributed by atoms with Gasteiger partial charge in [0, 0.05) is 9.35 Å². The second-order valence-electron chi connectivity index (χ2n) is 3.75. The molecule has 0 aliphatic carbocycles. The molecule has 0 amide bonds. The highest BCUT2D eigenvalue weighted by atomic mass is 79.9. The van der Waals surface area contributed by atoms with Crippen LogP contribution in [0.5, 0.6) is 0 Å². The lowest BCUT2D eigenvalue weighted by Crippen LogP contribution is -2.31. The molecule has 1 saturated heterocycles. The number of rotatable bonds is 3. The van der Waals surface area contributed by atoms with E-state index in [1.165, 1.54) is 11.3 Å². The zero-order valence-corrected chi connectivity index (χ0v) is 11.6. The monoisotopic (exact) mass is 323 g/mol. The van der Waals surface area contributed by atoms with E-state index in [0.717, 1.165) is 35.3 Å². The first-order chi connectivity index (χ1) is 7.59. The Hall–Kier alpha value is -0.100. The van der Waals surface area contributed by atoms with E-state index in [2.05, 4.69) is 15.9 Å². The second kappa shape index (κ2) is 5.04. The maximum absolute atomic E-state index is 11.3. The molecule has 0 aromatic carbocycles. The Labute approximate surface area is 111 Å². The van der Waals surface area contributed by atoms with Gasteiger partial charge in [-0.05, 0) is 47.9 Å². The minimum absolute atomic E-state index is 0.545. The summed E-state index contributed by atoms with van der Waals surface area (Å²) in [5.41, 5.74) is 0. The maximum atomic E-state index is 11.3. The van der Waals surface area contributed by atoms with Crippen molar-refractivity contribution in [3.63, 3.8) is 0 Å². The number of carboxylic acids is 1. The molecule has 1 fully saturated rings. The average molecular weight is 325 g/mol. The molecule has 0 saturated carbocycles. The highest BCUT2D eigenvalue weighted by molar-refractivity contribution is 9.10. The molecule has 1 aliphatic heterocycles. The summed E-state index contributed by atoms with van der Waals surface area (Å²) in [5.74, 6) is -0.799. The normalized spacial score (nSPS) is 18.9. The van der Waals surface area contributed by atoms with Gasteiger partial charge in [-0.15, -0.1) is 11.3 Å². The number of nitrogens with zero attached hydrogens (tertiary/aromatic N) is 1. The van der Waals surface area contributed by atoms with Gasteiger partial charge in [0.25, 0.3) is 0 Å². The molecule has 88 valence electrons. The Bertz CT molecular complexity index is 384. The van der Waals surface area contributed by atoms with Crippen molar-refractivity contribution in [3.05, 3.63) is 19.8 Å². The van der Waals surface area contributed by atoms with Crippen molar-refractivity contribution < 1.29 is 9.90 Å². The largest absolute Gasteiger partial charge is 0.480 e. The van der Waals surface area contributed by atoms with E-state index in [1.807, 2.05) is 11.0 Å². The summed E-state index contributed by atoms with van der Waals surface area (Å²) in [5, 5.41) is 9.29. The summed E-state index contributed by atoms with van der Waals surface area (Å²) in [4.78, 5) is 14.1. The topological polar surface area (TPSA) is 40.5 Å². The van der Waals surface area contributed by atoms with Crippen LogP contribution < -0.4 is 0 Å². The Morgan fingerprint density at radius 3 is 2.62 bits per heavy atom. The fourth-order valence-electron chi connectivity index (χ4n) is 1.96. The fraction of sp³-hybridized carbons (Fsp3) is 0.500. The lowest BCUT2D eigenvalue weighted by atomic mass is 10.2. The third-order valence-electron chi connectivity index (χ3n) is 2.67. The van der Waals surface area contributed by atoms with Crippen molar-refractivity contribution in [2.75, 3.05) is 13.1 Å². The molecular weight excluding hydrogens is 314 g/mol. The highest BCUT2D eigenvalue weighted by Crippen LogP contribution is 2.38. The van der Waals surface area contributed by atoms with Gasteiger partial charge in [-0.2, -0.15) is 0 Å². The van der Waals surface area contributed by atoms with E-state index in [4.69, 9.17) is 11.6 Å². The molecule has 1 unspecified atom stereocenters. The molecule has 1 atom stereocenters. The average Bonchev–Trinajstić information content (AvgIpc) is 2.79. The number of hydrogen-bond acceptors (Lipinski definition) is 3. The summed E-state index contributed by atoms with van der Waals surface area (Å²) < 4.78 is 1.39. The molecular formula is C10H11BrClNO2S.